The van der Waals surface area contributed by atoms with Crippen LogP contribution >= 0.6 is 0 Å². The van der Waals surface area contributed by atoms with Gasteiger partial charge in [-0.25, -0.2) is 9.59 Å². The monoisotopic (exact) mass is 396 g/mol. The predicted molar refractivity (Wildman–Crippen MR) is 78.3 cm³/mol. The van der Waals surface area contributed by atoms with Crippen molar-refractivity contribution in [3.05, 3.63) is 0 Å². The normalized spacial score (nSPS) is 11.5. The number of rotatable bonds is 6. The van der Waals surface area contributed by atoms with E-state index in [1.54, 1.807) is 0 Å². The van der Waals surface area contributed by atoms with Crippen LogP contribution in [0.5, 0.6) is 0 Å². The van der Waals surface area contributed by atoms with Crippen LogP contribution in [0.4, 0.5) is 0 Å². The number of esters is 2. The first-order valence-corrected chi connectivity index (χ1v) is 4.68. The van der Waals surface area contributed by atoms with Crippen molar-refractivity contribution in [2.24, 2.45) is 0 Å². The molecule has 0 radical (unpaired) electrons. The van der Waals surface area contributed by atoms with E-state index in [0.717, 1.165) is 6.92 Å². The van der Waals surface area contributed by atoms with Crippen LogP contribution in [0, 0.1) is 0 Å². The molecule has 2 unspecified atom stereocenters. The predicted octanol–water partition coefficient (Wildman–Crippen LogP) is -6.16. The zero-order chi connectivity index (χ0) is 14.5. The molecule has 0 bridgehead atoms. The van der Waals surface area contributed by atoms with Crippen LogP contribution in [-0.4, -0.2) is 121 Å². The Morgan fingerprint density at radius 2 is 1.38 bits per heavy atom. The summed E-state index contributed by atoms with van der Waals surface area (Å²) < 4.78 is 4.00. The molecule has 14 N–H and O–H groups in total. The molecule has 0 aromatic heterocycles. The summed E-state index contributed by atoms with van der Waals surface area (Å²) in [5.74, 6) is -6.36. The second-order valence-corrected chi connectivity index (χ2v) is 3.55. The van der Waals surface area contributed by atoms with E-state index in [-0.39, 0.29) is 68.0 Å². The number of ether oxygens (including phenoxy) is 1. The van der Waals surface area contributed by atoms with E-state index in [1.165, 1.54) is 0 Å². The van der Waals surface area contributed by atoms with Gasteiger partial charge in [-0.3, -0.25) is 9.59 Å². The number of carbonyl (C=O) groups excluding carboxylic acids is 2. The molecule has 24 heavy (non-hydrogen) atoms. The minimum Gasteiger partial charge on any atom is -1.00 e. The Bertz CT molecular complexity index is 393. The van der Waals surface area contributed by atoms with E-state index in [1.807, 2.05) is 0 Å². The average Bonchev–Trinajstić information content (AvgIpc) is 2.14. The second kappa shape index (κ2) is 18.4. The minimum absolute atomic E-state index is 0. The summed E-state index contributed by atoms with van der Waals surface area (Å²) in [6, 6.07) is 0. The number of aliphatic carboxylic acids is 2. The summed E-state index contributed by atoms with van der Waals surface area (Å²) in [4.78, 5) is 42.9. The van der Waals surface area contributed by atoms with E-state index in [0.29, 0.717) is 0 Å². The molecule has 0 aliphatic carbocycles. The van der Waals surface area contributed by atoms with Crippen molar-refractivity contribution in [2.75, 3.05) is 0 Å². The van der Waals surface area contributed by atoms with Crippen molar-refractivity contribution < 1.29 is 74.6 Å². The van der Waals surface area contributed by atoms with Gasteiger partial charge in [-0.2, -0.15) is 0 Å². The average molecular weight is 396 g/mol. The number of carbonyl (C=O) groups is 4. The zero-order valence-corrected chi connectivity index (χ0v) is 14.7. The Morgan fingerprint density at radius 3 is 1.62 bits per heavy atom. The molecule has 0 saturated heterocycles. The molecule has 0 saturated carbocycles. The Labute approximate surface area is 167 Å². The van der Waals surface area contributed by atoms with Gasteiger partial charge in [-0.1, -0.05) is 0 Å². The SMILES string of the molecule is CC(O)C(=O)OC(=O)CC(O)(CC(=O)O)C(=O)O.O.O.O.O.O.[Ca+2].[H-].[H-]. The molecule has 0 aromatic carbocycles. The van der Waals surface area contributed by atoms with Crippen LogP contribution in [0.15, 0.2) is 0 Å². The third-order valence-electron chi connectivity index (χ3n) is 1.83. The summed E-state index contributed by atoms with van der Waals surface area (Å²) in [5.41, 5.74) is -2.87. The first-order valence-electron chi connectivity index (χ1n) is 4.68. The standard InChI is InChI=1S/C9H12O9.Ca.5H2O.2H/c1-4(10)7(14)18-6(13)3-9(17,8(15)16)2-5(11)12;;;;;;;;/h4,10,17H,2-3H2,1H3,(H,11,12)(H,15,16);;5*1H2;;/q;+2;;;;;;2*-1. The molecule has 0 aromatic rings. The topological polar surface area (TPSA) is 316 Å². The van der Waals surface area contributed by atoms with E-state index in [4.69, 9.17) is 15.3 Å². The fourth-order valence-corrected chi connectivity index (χ4v) is 0.936. The van der Waals surface area contributed by atoms with Crippen LogP contribution in [0.1, 0.15) is 22.6 Å². The molecule has 146 valence electrons. The number of carboxylic acid groups (broad SMARTS) is 2. The van der Waals surface area contributed by atoms with Crippen molar-refractivity contribution in [3.63, 3.8) is 0 Å². The molecule has 0 amide bonds. The van der Waals surface area contributed by atoms with Gasteiger partial charge in [0.15, 0.2) is 5.60 Å². The fourth-order valence-electron chi connectivity index (χ4n) is 0.936. The number of hydrogen-bond acceptors (Lipinski definition) is 7. The molecule has 0 aliphatic heterocycles. The van der Waals surface area contributed by atoms with E-state index in [9.17, 15) is 24.3 Å². The van der Waals surface area contributed by atoms with Crippen LogP contribution in [-0.2, 0) is 23.9 Å². The maximum atomic E-state index is 11.1. The Kier molecular flexibility index (Phi) is 33.4. The van der Waals surface area contributed by atoms with Gasteiger partial charge in [-0.15, -0.1) is 0 Å². The minimum atomic E-state index is -2.87. The molecule has 2 atom stereocenters. The Morgan fingerprint density at radius 1 is 1.00 bits per heavy atom. The maximum absolute atomic E-state index is 11.1. The van der Waals surface area contributed by atoms with Gasteiger partial charge in [0.25, 0.3) is 0 Å². The van der Waals surface area contributed by atoms with E-state index < -0.39 is 48.4 Å². The van der Waals surface area contributed by atoms with Crippen LogP contribution in [0.3, 0.4) is 0 Å². The first-order chi connectivity index (χ1) is 8.08. The van der Waals surface area contributed by atoms with Crippen molar-refractivity contribution in [3.8, 4) is 0 Å². The number of aliphatic hydroxyl groups is 2. The summed E-state index contributed by atoms with van der Waals surface area (Å²) in [5, 5.41) is 35.2. The Balaban J connectivity index is -0.0000000516. The summed E-state index contributed by atoms with van der Waals surface area (Å²) >= 11 is 0. The number of carboxylic acids is 2. The second-order valence-electron chi connectivity index (χ2n) is 3.55. The maximum Gasteiger partial charge on any atom is 2.00 e. The number of aliphatic hydroxyl groups excluding tert-OH is 1. The largest absolute Gasteiger partial charge is 2.00 e. The molecule has 0 spiro atoms. The van der Waals surface area contributed by atoms with Crippen LogP contribution in [0.25, 0.3) is 0 Å². The summed E-state index contributed by atoms with van der Waals surface area (Å²) in [7, 11) is 0. The van der Waals surface area contributed by atoms with Crippen molar-refractivity contribution in [2.45, 2.75) is 31.5 Å². The van der Waals surface area contributed by atoms with Gasteiger partial charge in [-0.05, 0) is 6.92 Å². The fraction of sp³-hybridized carbons (Fsp3) is 0.556. The van der Waals surface area contributed by atoms with Gasteiger partial charge < -0.3 is 55.4 Å². The van der Waals surface area contributed by atoms with E-state index in [2.05, 4.69) is 4.74 Å². The zero-order valence-electron chi connectivity index (χ0n) is 14.5. The quantitative estimate of drug-likeness (QED) is 0.188. The van der Waals surface area contributed by atoms with Crippen molar-refractivity contribution >= 4 is 61.6 Å². The van der Waals surface area contributed by atoms with Crippen LogP contribution in [0.2, 0.25) is 0 Å². The van der Waals surface area contributed by atoms with Gasteiger partial charge in [0, 0.05) is 0 Å². The number of hydrogen-bond donors (Lipinski definition) is 4. The molecule has 0 rings (SSSR count). The van der Waals surface area contributed by atoms with Gasteiger partial charge >= 0.3 is 61.6 Å². The molecule has 0 fully saturated rings. The van der Waals surface area contributed by atoms with E-state index >= 15 is 0 Å². The molecular weight excluding hydrogens is 372 g/mol. The van der Waals surface area contributed by atoms with Crippen LogP contribution < -0.4 is 0 Å². The molecule has 15 heteroatoms. The van der Waals surface area contributed by atoms with Gasteiger partial charge in [0.1, 0.15) is 6.10 Å². The van der Waals surface area contributed by atoms with Crippen molar-refractivity contribution in [1.82, 2.24) is 0 Å². The third kappa shape index (κ3) is 15.9. The summed E-state index contributed by atoms with van der Waals surface area (Å²) in [6.07, 6.45) is -4.07. The summed E-state index contributed by atoms with van der Waals surface area (Å²) in [6.45, 7) is 1.01. The molecular formula is C9H24CaO14. The third-order valence-corrected chi connectivity index (χ3v) is 1.83. The smallest absolute Gasteiger partial charge is 1.00 e. The first kappa shape index (κ1) is 43.5. The van der Waals surface area contributed by atoms with Gasteiger partial charge in [0.05, 0.1) is 12.8 Å². The van der Waals surface area contributed by atoms with Gasteiger partial charge in [0.2, 0.25) is 0 Å². The Hall–Kier alpha value is -0.940. The molecule has 14 nitrogen and oxygen atoms in total. The van der Waals surface area contributed by atoms with Crippen molar-refractivity contribution in [1.29, 1.82) is 0 Å². The molecule has 0 aliphatic rings. The molecule has 0 heterocycles.